The van der Waals surface area contributed by atoms with Crippen LogP contribution in [0.3, 0.4) is 0 Å². The van der Waals surface area contributed by atoms with E-state index in [0.29, 0.717) is 28.1 Å². The summed E-state index contributed by atoms with van der Waals surface area (Å²) in [7, 11) is 0. The Kier molecular flexibility index (Phi) is 7.04. The maximum absolute atomic E-state index is 12.7. The normalized spacial score (nSPS) is 11.7. The average Bonchev–Trinajstić information content (AvgIpc) is 3.30. The number of nitrogens with zero attached hydrogens (tertiary/aromatic N) is 1. The second kappa shape index (κ2) is 10.3. The molecule has 0 spiro atoms. The Morgan fingerprint density at radius 2 is 1.74 bits per heavy atom. The minimum absolute atomic E-state index is 0.0582. The summed E-state index contributed by atoms with van der Waals surface area (Å²) in [4.78, 5) is 41.8. The number of halogens is 1. The molecule has 4 rings (SSSR count). The van der Waals surface area contributed by atoms with E-state index in [9.17, 15) is 14.4 Å². The first-order valence-corrected chi connectivity index (χ1v) is 11.2. The van der Waals surface area contributed by atoms with E-state index in [0.717, 1.165) is 11.1 Å². The number of amides is 2. The zero-order valence-electron chi connectivity index (χ0n) is 18.4. The van der Waals surface area contributed by atoms with Crippen molar-refractivity contribution in [3.63, 3.8) is 0 Å². The van der Waals surface area contributed by atoms with Gasteiger partial charge in [-0.2, -0.15) is 0 Å². The number of ketones is 1. The average molecular weight is 476 g/mol. The number of Topliss-reactive ketones (excluding diaryl/α,β-unsaturated/α-hetero) is 1. The van der Waals surface area contributed by atoms with E-state index < -0.39 is 23.6 Å². The van der Waals surface area contributed by atoms with Crippen LogP contribution in [-0.2, 0) is 4.79 Å². The summed E-state index contributed by atoms with van der Waals surface area (Å²) in [6, 6.07) is 20.6. The molecule has 0 fully saturated rings. The van der Waals surface area contributed by atoms with E-state index in [-0.39, 0.29) is 12.4 Å². The van der Waals surface area contributed by atoms with E-state index in [4.69, 9.17) is 16.0 Å². The Hall–Kier alpha value is -3.97. The second-order valence-corrected chi connectivity index (χ2v) is 8.09. The van der Waals surface area contributed by atoms with Crippen LogP contribution < -0.4 is 10.6 Å². The van der Waals surface area contributed by atoms with Gasteiger partial charge in [0.1, 0.15) is 5.52 Å². The summed E-state index contributed by atoms with van der Waals surface area (Å²) >= 11 is 6.03. The van der Waals surface area contributed by atoms with E-state index in [1.165, 1.54) is 0 Å². The molecule has 2 amide bonds. The SMILES string of the molecule is CC[C@H](NC(=O)CNC(=O)c1ccc(-c2cccc(Cl)c2)cc1)C(=O)c1nc2ccccc2o1. The van der Waals surface area contributed by atoms with Gasteiger partial charge in [-0.3, -0.25) is 14.4 Å². The number of fused-ring (bicyclic) bond motifs is 1. The first-order chi connectivity index (χ1) is 16.4. The molecule has 0 unspecified atom stereocenters. The van der Waals surface area contributed by atoms with Crippen molar-refractivity contribution >= 4 is 40.3 Å². The maximum atomic E-state index is 12.7. The van der Waals surface area contributed by atoms with Crippen molar-refractivity contribution in [2.75, 3.05) is 6.54 Å². The van der Waals surface area contributed by atoms with Gasteiger partial charge in [0.25, 0.3) is 11.8 Å². The number of nitrogens with one attached hydrogen (secondary N) is 2. The molecule has 0 saturated heterocycles. The van der Waals surface area contributed by atoms with Crippen LogP contribution in [0.15, 0.2) is 77.2 Å². The van der Waals surface area contributed by atoms with Crippen molar-refractivity contribution in [2.45, 2.75) is 19.4 Å². The maximum Gasteiger partial charge on any atom is 0.266 e. The molecule has 0 radical (unpaired) electrons. The van der Waals surface area contributed by atoms with Crippen molar-refractivity contribution in [2.24, 2.45) is 0 Å². The van der Waals surface area contributed by atoms with E-state index in [2.05, 4.69) is 15.6 Å². The number of carbonyl (C=O) groups is 3. The molecule has 0 saturated carbocycles. The highest BCUT2D eigenvalue weighted by molar-refractivity contribution is 6.30. The topological polar surface area (TPSA) is 101 Å². The molecule has 0 aliphatic carbocycles. The number of aromatic nitrogens is 1. The monoisotopic (exact) mass is 475 g/mol. The highest BCUT2D eigenvalue weighted by atomic mass is 35.5. The van der Waals surface area contributed by atoms with Gasteiger partial charge in [-0.1, -0.05) is 54.9 Å². The van der Waals surface area contributed by atoms with Gasteiger partial charge in [-0.15, -0.1) is 0 Å². The summed E-state index contributed by atoms with van der Waals surface area (Å²) in [5.41, 5.74) is 3.34. The third-order valence-corrected chi connectivity index (χ3v) is 5.51. The number of benzene rings is 3. The molecule has 0 aliphatic rings. The summed E-state index contributed by atoms with van der Waals surface area (Å²) < 4.78 is 5.51. The first kappa shape index (κ1) is 23.2. The van der Waals surface area contributed by atoms with E-state index in [1.54, 1.807) is 49.4 Å². The summed E-state index contributed by atoms with van der Waals surface area (Å²) in [6.07, 6.45) is 0.349. The Labute approximate surface area is 201 Å². The van der Waals surface area contributed by atoms with Crippen LogP contribution in [0.4, 0.5) is 0 Å². The summed E-state index contributed by atoms with van der Waals surface area (Å²) in [5.74, 6) is -1.36. The molecule has 172 valence electrons. The Morgan fingerprint density at radius 3 is 2.44 bits per heavy atom. The molecule has 1 aromatic heterocycles. The zero-order chi connectivity index (χ0) is 24.1. The minimum Gasteiger partial charge on any atom is -0.434 e. The standard InChI is InChI=1S/C26H22ClN3O4/c1-2-20(24(32)26-30-21-8-3-4-9-22(21)34-26)29-23(31)15-28-25(33)17-12-10-16(11-13-17)18-6-5-7-19(27)14-18/h3-14,20H,2,15H2,1H3,(H,28,33)(H,29,31)/t20-/m0/s1. The van der Waals surface area contributed by atoms with Crippen LogP contribution in [0.5, 0.6) is 0 Å². The molecular formula is C26H22ClN3O4. The van der Waals surface area contributed by atoms with Gasteiger partial charge in [0.05, 0.1) is 12.6 Å². The van der Waals surface area contributed by atoms with Crippen molar-refractivity contribution < 1.29 is 18.8 Å². The van der Waals surface area contributed by atoms with Crippen LogP contribution in [0.1, 0.15) is 34.4 Å². The Bertz CT molecular complexity index is 1310. The largest absolute Gasteiger partial charge is 0.434 e. The number of oxazole rings is 1. The highest BCUT2D eigenvalue weighted by Gasteiger charge is 2.25. The molecule has 1 atom stereocenters. The van der Waals surface area contributed by atoms with Crippen molar-refractivity contribution in [3.05, 3.63) is 89.3 Å². The van der Waals surface area contributed by atoms with Gasteiger partial charge in [-0.05, 0) is 53.9 Å². The fourth-order valence-electron chi connectivity index (χ4n) is 3.47. The van der Waals surface area contributed by atoms with Gasteiger partial charge in [0.2, 0.25) is 11.7 Å². The third kappa shape index (κ3) is 5.32. The molecule has 1 heterocycles. The molecule has 8 heteroatoms. The molecule has 0 bridgehead atoms. The van der Waals surface area contributed by atoms with Gasteiger partial charge in [0.15, 0.2) is 5.58 Å². The molecule has 0 aliphatic heterocycles. The highest BCUT2D eigenvalue weighted by Crippen LogP contribution is 2.23. The van der Waals surface area contributed by atoms with Crippen LogP contribution in [0.2, 0.25) is 5.02 Å². The van der Waals surface area contributed by atoms with E-state index in [1.807, 2.05) is 30.3 Å². The van der Waals surface area contributed by atoms with Crippen molar-refractivity contribution in [1.29, 1.82) is 0 Å². The molecule has 4 aromatic rings. The lowest BCUT2D eigenvalue weighted by atomic mass is 10.0. The van der Waals surface area contributed by atoms with Crippen molar-refractivity contribution in [1.82, 2.24) is 15.6 Å². The lowest BCUT2D eigenvalue weighted by Gasteiger charge is -2.14. The van der Waals surface area contributed by atoms with Gasteiger partial charge >= 0.3 is 0 Å². The number of hydrogen-bond acceptors (Lipinski definition) is 5. The predicted molar refractivity (Wildman–Crippen MR) is 130 cm³/mol. The van der Waals surface area contributed by atoms with E-state index >= 15 is 0 Å². The summed E-state index contributed by atoms with van der Waals surface area (Å²) in [6.45, 7) is 1.50. The molecule has 34 heavy (non-hydrogen) atoms. The minimum atomic E-state index is -0.811. The van der Waals surface area contributed by atoms with Gasteiger partial charge in [-0.25, -0.2) is 4.98 Å². The summed E-state index contributed by atoms with van der Waals surface area (Å²) in [5, 5.41) is 5.84. The Balaban J connectivity index is 1.33. The Morgan fingerprint density at radius 1 is 0.971 bits per heavy atom. The van der Waals surface area contributed by atoms with Gasteiger partial charge in [0, 0.05) is 10.6 Å². The number of carbonyl (C=O) groups excluding carboxylic acids is 3. The predicted octanol–water partition coefficient (Wildman–Crippen LogP) is 4.66. The fourth-order valence-corrected chi connectivity index (χ4v) is 3.66. The van der Waals surface area contributed by atoms with Crippen LogP contribution in [0, 0.1) is 0 Å². The molecule has 2 N–H and O–H groups in total. The lowest BCUT2D eigenvalue weighted by molar-refractivity contribution is -0.120. The fraction of sp³-hybridized carbons (Fsp3) is 0.154. The molecule has 3 aromatic carbocycles. The number of rotatable bonds is 8. The lowest BCUT2D eigenvalue weighted by Crippen LogP contribution is -2.45. The first-order valence-electron chi connectivity index (χ1n) is 10.8. The smallest absolute Gasteiger partial charge is 0.266 e. The molecular weight excluding hydrogens is 454 g/mol. The third-order valence-electron chi connectivity index (χ3n) is 5.28. The molecule has 7 nitrogen and oxygen atoms in total. The van der Waals surface area contributed by atoms with Crippen LogP contribution in [0.25, 0.3) is 22.2 Å². The van der Waals surface area contributed by atoms with Crippen LogP contribution >= 0.6 is 11.6 Å². The van der Waals surface area contributed by atoms with Gasteiger partial charge < -0.3 is 15.1 Å². The quantitative estimate of drug-likeness (QED) is 0.361. The number of hydrogen-bond donors (Lipinski definition) is 2. The second-order valence-electron chi connectivity index (χ2n) is 7.65. The number of para-hydroxylation sites is 2. The van der Waals surface area contributed by atoms with Crippen molar-refractivity contribution in [3.8, 4) is 11.1 Å². The van der Waals surface area contributed by atoms with Crippen LogP contribution in [-0.4, -0.2) is 35.2 Å². The zero-order valence-corrected chi connectivity index (χ0v) is 19.1.